The van der Waals surface area contributed by atoms with E-state index in [1.807, 2.05) is 11.8 Å². The zero-order chi connectivity index (χ0) is 22.3. The molecule has 162 valence electrons. The quantitative estimate of drug-likeness (QED) is 0.740. The van der Waals surface area contributed by atoms with Crippen molar-refractivity contribution in [2.24, 2.45) is 0 Å². The molecule has 8 heteroatoms. The van der Waals surface area contributed by atoms with Crippen molar-refractivity contribution in [1.29, 1.82) is 0 Å². The Labute approximate surface area is 181 Å². The van der Waals surface area contributed by atoms with Crippen LogP contribution in [0.25, 0.3) is 0 Å². The first kappa shape index (κ1) is 20.8. The molecule has 3 heterocycles. The highest BCUT2D eigenvalue weighted by Gasteiger charge is 2.43. The molecule has 2 aliphatic heterocycles. The molecule has 2 saturated heterocycles. The van der Waals surface area contributed by atoms with E-state index in [1.165, 1.54) is 5.56 Å². The number of carbonyl (C=O) groups excluding carboxylic acids is 3. The Kier molecular flexibility index (Phi) is 5.16. The van der Waals surface area contributed by atoms with Crippen LogP contribution in [0.2, 0.25) is 0 Å². The van der Waals surface area contributed by atoms with Gasteiger partial charge in [0, 0.05) is 37.4 Å². The van der Waals surface area contributed by atoms with E-state index in [9.17, 15) is 14.4 Å². The van der Waals surface area contributed by atoms with Crippen LogP contribution in [0, 0.1) is 20.8 Å². The van der Waals surface area contributed by atoms with Gasteiger partial charge in [-0.3, -0.25) is 14.9 Å². The number of carbonyl (C=O) groups is 3. The molecule has 0 aliphatic carbocycles. The fourth-order valence-electron chi connectivity index (χ4n) is 4.15. The standard InChI is InChI=1S/C23H27N5O3/c1-14-13-15(2)19(24-16(14)3)27-9-11-28(12-10-27)20(29)17-5-7-18(8-6-17)23(4)21(30)25-22(31)26-23/h5-8,13H,9-12H2,1-4H3,(H2,25,26,30,31)/t23-/m1/s1. The van der Waals surface area contributed by atoms with Crippen LogP contribution in [0.3, 0.4) is 0 Å². The van der Waals surface area contributed by atoms with Gasteiger partial charge in [-0.25, -0.2) is 9.78 Å². The van der Waals surface area contributed by atoms with Gasteiger partial charge in [0.2, 0.25) is 0 Å². The Bertz CT molecular complexity index is 1060. The Morgan fingerprint density at radius 3 is 2.23 bits per heavy atom. The maximum Gasteiger partial charge on any atom is 0.322 e. The average Bonchev–Trinajstić information content (AvgIpc) is 3.02. The van der Waals surface area contributed by atoms with Gasteiger partial charge in [-0.2, -0.15) is 0 Å². The number of rotatable bonds is 3. The molecule has 1 atom stereocenters. The minimum absolute atomic E-state index is 0.0407. The molecule has 31 heavy (non-hydrogen) atoms. The number of hydrogen-bond donors (Lipinski definition) is 2. The number of urea groups is 1. The van der Waals surface area contributed by atoms with Crippen LogP contribution in [0.5, 0.6) is 0 Å². The van der Waals surface area contributed by atoms with Crippen molar-refractivity contribution in [3.63, 3.8) is 0 Å². The molecule has 4 amide bonds. The van der Waals surface area contributed by atoms with Gasteiger partial charge in [0.05, 0.1) is 0 Å². The normalized spacial score (nSPS) is 21.2. The second-order valence-corrected chi connectivity index (χ2v) is 8.42. The Morgan fingerprint density at radius 1 is 1.00 bits per heavy atom. The molecular weight excluding hydrogens is 394 g/mol. The van der Waals surface area contributed by atoms with Crippen molar-refractivity contribution >= 4 is 23.7 Å². The van der Waals surface area contributed by atoms with E-state index in [0.717, 1.165) is 30.2 Å². The third-order valence-electron chi connectivity index (χ3n) is 6.25. The van der Waals surface area contributed by atoms with E-state index in [4.69, 9.17) is 4.98 Å². The highest BCUT2D eigenvalue weighted by molar-refractivity contribution is 6.07. The molecular formula is C23H27N5O3. The molecule has 0 spiro atoms. The highest BCUT2D eigenvalue weighted by Crippen LogP contribution is 2.25. The number of pyridine rings is 1. The Balaban J connectivity index is 1.43. The summed E-state index contributed by atoms with van der Waals surface area (Å²) in [5.74, 6) is 0.550. The molecule has 2 aliphatic rings. The summed E-state index contributed by atoms with van der Waals surface area (Å²) in [6.45, 7) is 10.5. The first-order valence-corrected chi connectivity index (χ1v) is 10.4. The first-order chi connectivity index (χ1) is 14.7. The van der Waals surface area contributed by atoms with Crippen molar-refractivity contribution in [2.75, 3.05) is 31.1 Å². The lowest BCUT2D eigenvalue weighted by atomic mass is 9.91. The van der Waals surface area contributed by atoms with Gasteiger partial charge < -0.3 is 15.1 Å². The summed E-state index contributed by atoms with van der Waals surface area (Å²) >= 11 is 0. The summed E-state index contributed by atoms with van der Waals surface area (Å²) in [6, 6.07) is 8.50. The monoisotopic (exact) mass is 421 g/mol. The number of anilines is 1. The molecule has 4 rings (SSSR count). The third-order valence-corrected chi connectivity index (χ3v) is 6.25. The summed E-state index contributed by atoms with van der Waals surface area (Å²) < 4.78 is 0. The number of piperazine rings is 1. The van der Waals surface area contributed by atoms with Crippen LogP contribution >= 0.6 is 0 Å². The fraction of sp³-hybridized carbons (Fsp3) is 0.391. The van der Waals surface area contributed by atoms with Crippen LogP contribution in [0.15, 0.2) is 30.3 Å². The second kappa shape index (κ2) is 7.68. The van der Waals surface area contributed by atoms with E-state index in [2.05, 4.69) is 35.4 Å². The van der Waals surface area contributed by atoms with Gasteiger partial charge in [0.1, 0.15) is 11.4 Å². The SMILES string of the molecule is Cc1cc(C)c(N2CCN(C(=O)c3ccc([C@@]4(C)NC(=O)NC4=O)cc3)CC2)nc1C. The Hall–Kier alpha value is -3.42. The predicted octanol–water partition coefficient (Wildman–Crippen LogP) is 2.02. The molecule has 0 unspecified atom stereocenters. The zero-order valence-electron chi connectivity index (χ0n) is 18.3. The van der Waals surface area contributed by atoms with Gasteiger partial charge in [-0.15, -0.1) is 0 Å². The van der Waals surface area contributed by atoms with Crippen molar-refractivity contribution in [2.45, 2.75) is 33.2 Å². The van der Waals surface area contributed by atoms with E-state index in [0.29, 0.717) is 24.2 Å². The van der Waals surface area contributed by atoms with Crippen molar-refractivity contribution in [1.82, 2.24) is 20.5 Å². The molecule has 8 nitrogen and oxygen atoms in total. The van der Waals surface area contributed by atoms with E-state index in [-0.39, 0.29) is 5.91 Å². The van der Waals surface area contributed by atoms with Crippen molar-refractivity contribution in [3.8, 4) is 0 Å². The number of nitrogens with zero attached hydrogens (tertiary/aromatic N) is 3. The molecule has 0 radical (unpaired) electrons. The number of aromatic nitrogens is 1. The lowest BCUT2D eigenvalue weighted by molar-refractivity contribution is -0.123. The number of amides is 4. The summed E-state index contributed by atoms with van der Waals surface area (Å²) in [5, 5.41) is 4.88. The van der Waals surface area contributed by atoms with E-state index >= 15 is 0 Å². The second-order valence-electron chi connectivity index (χ2n) is 8.42. The minimum Gasteiger partial charge on any atom is -0.353 e. The van der Waals surface area contributed by atoms with Crippen LogP contribution in [-0.2, 0) is 10.3 Å². The predicted molar refractivity (Wildman–Crippen MR) is 117 cm³/mol. The number of nitrogens with one attached hydrogen (secondary N) is 2. The topological polar surface area (TPSA) is 94.6 Å². The van der Waals surface area contributed by atoms with Gasteiger partial charge in [0.15, 0.2) is 0 Å². The van der Waals surface area contributed by atoms with E-state index in [1.54, 1.807) is 31.2 Å². The zero-order valence-corrected chi connectivity index (χ0v) is 18.3. The van der Waals surface area contributed by atoms with Crippen LogP contribution < -0.4 is 15.5 Å². The maximum atomic E-state index is 13.0. The van der Waals surface area contributed by atoms with Crippen molar-refractivity contribution < 1.29 is 14.4 Å². The number of imide groups is 1. The first-order valence-electron chi connectivity index (χ1n) is 10.4. The summed E-state index contributed by atoms with van der Waals surface area (Å²) in [7, 11) is 0. The Morgan fingerprint density at radius 2 is 1.65 bits per heavy atom. The van der Waals surface area contributed by atoms with Gasteiger partial charge >= 0.3 is 6.03 Å². The van der Waals surface area contributed by atoms with E-state index < -0.39 is 17.5 Å². The van der Waals surface area contributed by atoms with Gasteiger partial charge in [0.25, 0.3) is 11.8 Å². The minimum atomic E-state index is -1.12. The summed E-state index contributed by atoms with van der Waals surface area (Å²) in [5.41, 5.74) is 3.43. The van der Waals surface area contributed by atoms with Crippen LogP contribution in [-0.4, -0.2) is 53.9 Å². The lowest BCUT2D eigenvalue weighted by Crippen LogP contribution is -2.49. The molecule has 1 aromatic heterocycles. The molecule has 0 bridgehead atoms. The summed E-state index contributed by atoms with van der Waals surface area (Å²) in [6.07, 6.45) is 0. The van der Waals surface area contributed by atoms with Crippen LogP contribution in [0.4, 0.5) is 10.6 Å². The third kappa shape index (κ3) is 3.73. The summed E-state index contributed by atoms with van der Waals surface area (Å²) in [4.78, 5) is 45.4. The molecule has 0 saturated carbocycles. The molecule has 1 aromatic carbocycles. The lowest BCUT2D eigenvalue weighted by Gasteiger charge is -2.36. The smallest absolute Gasteiger partial charge is 0.322 e. The number of aryl methyl sites for hydroxylation is 3. The largest absolute Gasteiger partial charge is 0.353 e. The van der Waals surface area contributed by atoms with Crippen LogP contribution in [0.1, 0.15) is 39.7 Å². The number of hydrogen-bond acceptors (Lipinski definition) is 5. The maximum absolute atomic E-state index is 13.0. The average molecular weight is 422 g/mol. The fourth-order valence-corrected chi connectivity index (χ4v) is 4.15. The van der Waals surface area contributed by atoms with Gasteiger partial charge in [-0.1, -0.05) is 18.2 Å². The van der Waals surface area contributed by atoms with Crippen molar-refractivity contribution in [3.05, 3.63) is 58.3 Å². The molecule has 2 N–H and O–H groups in total. The number of benzene rings is 1. The molecule has 2 aromatic rings. The highest BCUT2D eigenvalue weighted by atomic mass is 16.2. The molecule has 2 fully saturated rings. The van der Waals surface area contributed by atoms with Gasteiger partial charge in [-0.05, 0) is 56.5 Å².